The van der Waals surface area contributed by atoms with Crippen LogP contribution >= 0.6 is 0 Å². The molecule has 1 unspecified atom stereocenters. The lowest BCUT2D eigenvalue weighted by atomic mass is 10.2. The first-order valence-electron chi connectivity index (χ1n) is 6.15. The van der Waals surface area contributed by atoms with Crippen LogP contribution in [0.3, 0.4) is 0 Å². The minimum absolute atomic E-state index is 0.488. The van der Waals surface area contributed by atoms with E-state index in [2.05, 4.69) is 39.1 Å². The normalized spacial score (nSPS) is 22.3. The Morgan fingerprint density at radius 3 is 2.94 bits per heavy atom. The maximum Gasteiger partial charge on any atom is 0.134 e. The first-order valence-corrected chi connectivity index (χ1v) is 6.15. The molecule has 0 spiro atoms. The lowest BCUT2D eigenvalue weighted by molar-refractivity contribution is 0.337. The minimum atomic E-state index is 0.488. The fourth-order valence-corrected chi connectivity index (χ4v) is 2.35. The van der Waals surface area contributed by atoms with Crippen molar-refractivity contribution in [2.24, 2.45) is 0 Å². The highest BCUT2D eigenvalue weighted by Gasteiger charge is 2.20. The summed E-state index contributed by atoms with van der Waals surface area (Å²) in [6.45, 7) is 5.55. The van der Waals surface area contributed by atoms with E-state index in [0.29, 0.717) is 6.04 Å². The summed E-state index contributed by atoms with van der Waals surface area (Å²) in [4.78, 5) is 13.3. The van der Waals surface area contributed by atoms with Crippen LogP contribution in [0.1, 0.15) is 13.3 Å². The van der Waals surface area contributed by atoms with Crippen molar-refractivity contribution in [1.82, 2.24) is 14.9 Å². The maximum atomic E-state index is 4.38. The number of rotatable bonds is 2. The lowest BCUT2D eigenvalue weighted by Gasteiger charge is -2.29. The van der Waals surface area contributed by atoms with Gasteiger partial charge in [0.15, 0.2) is 0 Å². The molecule has 0 saturated carbocycles. The molecular formula is C12H21N5. The molecule has 1 fully saturated rings. The fraction of sp³-hybridized carbons (Fsp3) is 0.667. The van der Waals surface area contributed by atoms with Gasteiger partial charge in [-0.1, -0.05) is 0 Å². The van der Waals surface area contributed by atoms with Gasteiger partial charge < -0.3 is 15.1 Å². The number of nitrogens with zero attached hydrogens (tertiary/aromatic N) is 4. The molecule has 5 heteroatoms. The summed E-state index contributed by atoms with van der Waals surface area (Å²) >= 11 is 0. The number of aromatic nitrogens is 2. The average molecular weight is 235 g/mol. The number of likely N-dealkylation sites (N-methyl/N-ethyl adjacent to an activating group) is 1. The molecule has 1 aromatic heterocycles. The number of nitrogens with one attached hydrogen (secondary N) is 1. The molecule has 1 aromatic rings. The van der Waals surface area contributed by atoms with E-state index in [4.69, 9.17) is 0 Å². The van der Waals surface area contributed by atoms with Gasteiger partial charge in [-0.2, -0.15) is 0 Å². The third-order valence-electron chi connectivity index (χ3n) is 3.25. The van der Waals surface area contributed by atoms with Crippen LogP contribution in [0.5, 0.6) is 0 Å². The van der Waals surface area contributed by atoms with E-state index in [1.54, 1.807) is 6.33 Å². The van der Waals surface area contributed by atoms with E-state index in [0.717, 1.165) is 31.3 Å². The van der Waals surface area contributed by atoms with Crippen molar-refractivity contribution < 1.29 is 0 Å². The molecule has 1 aliphatic heterocycles. The zero-order chi connectivity index (χ0) is 12.3. The van der Waals surface area contributed by atoms with Crippen LogP contribution < -0.4 is 10.2 Å². The average Bonchev–Trinajstić information content (AvgIpc) is 2.50. The summed E-state index contributed by atoms with van der Waals surface area (Å²) in [6, 6.07) is 2.50. The third kappa shape index (κ3) is 2.85. The molecule has 2 rings (SSSR count). The number of hydrogen-bond acceptors (Lipinski definition) is 5. The Bertz CT molecular complexity index is 368. The van der Waals surface area contributed by atoms with Gasteiger partial charge in [0.1, 0.15) is 18.0 Å². The van der Waals surface area contributed by atoms with Crippen molar-refractivity contribution in [2.75, 3.05) is 43.9 Å². The van der Waals surface area contributed by atoms with Gasteiger partial charge in [-0.05, 0) is 26.9 Å². The van der Waals surface area contributed by atoms with Crippen LogP contribution in [0.25, 0.3) is 0 Å². The molecule has 0 amide bonds. The summed E-state index contributed by atoms with van der Waals surface area (Å²) in [5.41, 5.74) is 0. The van der Waals surface area contributed by atoms with Gasteiger partial charge in [0.05, 0.1) is 0 Å². The Hall–Kier alpha value is -1.36. The summed E-state index contributed by atoms with van der Waals surface area (Å²) in [7, 11) is 4.06. The standard InChI is InChI=1S/C12H21N5/c1-10-8-16(3)5-4-6-17(10)12-7-11(13-2)14-9-15-12/h7,9-10H,4-6,8H2,1-3H3,(H,13,14,15). The molecule has 17 heavy (non-hydrogen) atoms. The molecule has 94 valence electrons. The zero-order valence-electron chi connectivity index (χ0n) is 10.8. The van der Waals surface area contributed by atoms with Gasteiger partial charge in [0, 0.05) is 32.2 Å². The Morgan fingerprint density at radius 1 is 1.35 bits per heavy atom. The van der Waals surface area contributed by atoms with Gasteiger partial charge in [0.25, 0.3) is 0 Å². The van der Waals surface area contributed by atoms with Crippen molar-refractivity contribution in [3.63, 3.8) is 0 Å². The Balaban J connectivity index is 2.19. The molecule has 1 N–H and O–H groups in total. The Morgan fingerprint density at radius 2 is 2.18 bits per heavy atom. The molecule has 5 nitrogen and oxygen atoms in total. The summed E-state index contributed by atoms with van der Waals surface area (Å²) in [5, 5.41) is 3.06. The summed E-state index contributed by atoms with van der Waals surface area (Å²) < 4.78 is 0. The highest BCUT2D eigenvalue weighted by Crippen LogP contribution is 2.19. The van der Waals surface area contributed by atoms with Crippen molar-refractivity contribution in [3.05, 3.63) is 12.4 Å². The molecule has 0 radical (unpaired) electrons. The molecule has 1 saturated heterocycles. The summed E-state index contributed by atoms with van der Waals surface area (Å²) in [6.07, 6.45) is 2.81. The number of anilines is 2. The van der Waals surface area contributed by atoms with Crippen LogP contribution in [0, 0.1) is 0 Å². The Kier molecular flexibility index (Phi) is 3.78. The molecule has 1 aliphatic rings. The molecule has 0 bridgehead atoms. The second-order valence-electron chi connectivity index (χ2n) is 4.67. The smallest absolute Gasteiger partial charge is 0.134 e. The molecule has 2 heterocycles. The largest absolute Gasteiger partial charge is 0.373 e. The summed E-state index contributed by atoms with van der Waals surface area (Å²) in [5.74, 6) is 1.90. The molecule has 0 aliphatic carbocycles. The minimum Gasteiger partial charge on any atom is -0.373 e. The maximum absolute atomic E-state index is 4.38. The van der Waals surface area contributed by atoms with E-state index < -0.39 is 0 Å². The van der Waals surface area contributed by atoms with Gasteiger partial charge in [-0.3, -0.25) is 0 Å². The second kappa shape index (κ2) is 5.31. The van der Waals surface area contributed by atoms with E-state index in [1.165, 1.54) is 6.42 Å². The highest BCUT2D eigenvalue weighted by atomic mass is 15.3. The predicted octanol–water partition coefficient (Wildman–Crippen LogP) is 1.05. The monoisotopic (exact) mass is 235 g/mol. The van der Waals surface area contributed by atoms with E-state index >= 15 is 0 Å². The lowest BCUT2D eigenvalue weighted by Crippen LogP contribution is -2.38. The molecule has 1 atom stereocenters. The number of hydrogen-bond donors (Lipinski definition) is 1. The van der Waals surface area contributed by atoms with Crippen LogP contribution in [-0.2, 0) is 0 Å². The highest BCUT2D eigenvalue weighted by molar-refractivity contribution is 5.48. The van der Waals surface area contributed by atoms with Crippen LogP contribution in [0.2, 0.25) is 0 Å². The second-order valence-corrected chi connectivity index (χ2v) is 4.67. The molecular weight excluding hydrogens is 214 g/mol. The Labute approximate surface area is 103 Å². The topological polar surface area (TPSA) is 44.3 Å². The van der Waals surface area contributed by atoms with Crippen LogP contribution in [-0.4, -0.2) is 54.6 Å². The van der Waals surface area contributed by atoms with Gasteiger partial charge >= 0.3 is 0 Å². The zero-order valence-corrected chi connectivity index (χ0v) is 10.8. The predicted molar refractivity (Wildman–Crippen MR) is 70.5 cm³/mol. The van der Waals surface area contributed by atoms with Gasteiger partial charge in [0.2, 0.25) is 0 Å². The third-order valence-corrected chi connectivity index (χ3v) is 3.25. The van der Waals surface area contributed by atoms with E-state index in [9.17, 15) is 0 Å². The molecule has 0 aromatic carbocycles. The van der Waals surface area contributed by atoms with Crippen molar-refractivity contribution in [3.8, 4) is 0 Å². The van der Waals surface area contributed by atoms with Crippen LogP contribution in [0.15, 0.2) is 12.4 Å². The SMILES string of the molecule is CNc1cc(N2CCCN(C)CC2C)ncn1. The van der Waals surface area contributed by atoms with Crippen LogP contribution in [0.4, 0.5) is 11.6 Å². The quantitative estimate of drug-likeness (QED) is 0.830. The van der Waals surface area contributed by atoms with Crippen molar-refractivity contribution in [1.29, 1.82) is 0 Å². The fourth-order valence-electron chi connectivity index (χ4n) is 2.35. The van der Waals surface area contributed by atoms with Crippen molar-refractivity contribution >= 4 is 11.6 Å². The van der Waals surface area contributed by atoms with E-state index in [1.807, 2.05) is 13.1 Å². The first-order chi connectivity index (χ1) is 8.20. The van der Waals surface area contributed by atoms with E-state index in [-0.39, 0.29) is 0 Å². The van der Waals surface area contributed by atoms with Gasteiger partial charge in [-0.15, -0.1) is 0 Å². The van der Waals surface area contributed by atoms with Crippen molar-refractivity contribution in [2.45, 2.75) is 19.4 Å². The first kappa shape index (κ1) is 12.1. The van der Waals surface area contributed by atoms with Gasteiger partial charge in [-0.25, -0.2) is 9.97 Å².